The van der Waals surface area contributed by atoms with E-state index in [0.717, 1.165) is 26.8 Å². The van der Waals surface area contributed by atoms with Gasteiger partial charge in [0.15, 0.2) is 6.61 Å². The van der Waals surface area contributed by atoms with Gasteiger partial charge in [-0.25, -0.2) is 9.59 Å². The zero-order chi connectivity index (χ0) is 28.5. The van der Waals surface area contributed by atoms with E-state index >= 15 is 0 Å². The van der Waals surface area contributed by atoms with Crippen LogP contribution in [-0.4, -0.2) is 63.2 Å². The van der Waals surface area contributed by atoms with Crippen LogP contribution in [0.3, 0.4) is 0 Å². The molecular weight excluding hydrogens is 556 g/mol. The van der Waals surface area contributed by atoms with Gasteiger partial charge in [0.1, 0.15) is 11.8 Å². The molecule has 2 N–H and O–H groups in total. The number of nitrogens with one attached hydrogen (secondary N) is 1. The molecule has 7 unspecified atom stereocenters. The zero-order valence-corrected chi connectivity index (χ0v) is 23.8. The number of ether oxygens (including phenoxy) is 2. The second-order valence-corrected chi connectivity index (χ2v) is 13.4. The highest BCUT2D eigenvalue weighted by Crippen LogP contribution is 2.68. The first kappa shape index (κ1) is 27.1. The summed E-state index contributed by atoms with van der Waals surface area (Å²) < 4.78 is 10.5. The molecule has 40 heavy (non-hydrogen) atoms. The van der Waals surface area contributed by atoms with E-state index in [0.29, 0.717) is 5.75 Å². The van der Waals surface area contributed by atoms with E-state index in [1.54, 1.807) is 44.7 Å². The Hall–Kier alpha value is -3.12. The normalized spacial score (nSPS) is 30.7. The maximum atomic E-state index is 13.8. The second kappa shape index (κ2) is 10.1. The van der Waals surface area contributed by atoms with Crippen LogP contribution in [-0.2, 0) is 23.9 Å². The van der Waals surface area contributed by atoms with Crippen LogP contribution >= 0.6 is 23.1 Å². The highest BCUT2D eigenvalue weighted by Gasteiger charge is 2.70. The molecule has 3 fully saturated rings. The Kier molecular flexibility index (Phi) is 6.81. The summed E-state index contributed by atoms with van der Waals surface area (Å²) in [5, 5.41) is 10.7. The minimum Gasteiger partial charge on any atom is -0.482 e. The van der Waals surface area contributed by atoms with Crippen molar-refractivity contribution >= 4 is 46.9 Å². The number of aromatic amines is 1. The Morgan fingerprint density at radius 3 is 2.40 bits per heavy atom. The molecule has 3 heterocycles. The van der Waals surface area contributed by atoms with Gasteiger partial charge >= 0.3 is 16.8 Å². The molecule has 8 atom stereocenters. The number of likely N-dealkylation sites (tertiary alicyclic amines) is 1. The Balaban J connectivity index is 1.33. The number of carboxylic acid groups (broad SMARTS) is 1. The average Bonchev–Trinajstić information content (AvgIpc) is 3.63. The number of hydrogen-bond donors (Lipinski definition) is 2. The number of fused-ring (bicyclic) bond motifs is 9. The van der Waals surface area contributed by atoms with Crippen LogP contribution in [0.1, 0.15) is 43.6 Å². The van der Waals surface area contributed by atoms with Crippen LogP contribution < -0.4 is 9.61 Å². The maximum Gasteiger partial charge on any atom is 0.344 e. The Morgan fingerprint density at radius 2 is 1.77 bits per heavy atom. The number of benzene rings is 1. The van der Waals surface area contributed by atoms with E-state index in [1.807, 2.05) is 12.1 Å². The summed E-state index contributed by atoms with van der Waals surface area (Å²) in [5.74, 6) is -3.70. The van der Waals surface area contributed by atoms with E-state index in [9.17, 15) is 29.1 Å². The lowest BCUT2D eigenvalue weighted by Crippen LogP contribution is -2.49. The smallest absolute Gasteiger partial charge is 0.344 e. The van der Waals surface area contributed by atoms with E-state index in [2.05, 4.69) is 4.98 Å². The molecule has 2 bridgehead atoms. The van der Waals surface area contributed by atoms with Gasteiger partial charge in [-0.15, -0.1) is 11.8 Å². The molecule has 2 aliphatic carbocycles. The molecule has 0 radical (unpaired) electrons. The third-order valence-corrected chi connectivity index (χ3v) is 11.4. The van der Waals surface area contributed by atoms with Crippen molar-refractivity contribution in [2.24, 2.45) is 35.5 Å². The molecule has 10 nitrogen and oxygen atoms in total. The number of thiazole rings is 1. The van der Waals surface area contributed by atoms with Gasteiger partial charge in [-0.3, -0.25) is 19.3 Å². The van der Waals surface area contributed by atoms with Gasteiger partial charge in [-0.1, -0.05) is 37.3 Å². The third kappa shape index (κ3) is 4.09. The number of aromatic nitrogens is 1. The minimum atomic E-state index is -1.18. The number of esters is 1. The van der Waals surface area contributed by atoms with Crippen LogP contribution in [0.5, 0.6) is 5.75 Å². The van der Waals surface area contributed by atoms with Gasteiger partial charge in [-0.2, -0.15) is 0 Å². The van der Waals surface area contributed by atoms with Gasteiger partial charge in [-0.05, 0) is 54.7 Å². The first-order valence-electron chi connectivity index (χ1n) is 13.5. The lowest BCUT2D eigenvalue weighted by atomic mass is 9.68. The van der Waals surface area contributed by atoms with Gasteiger partial charge in [0.25, 0.3) is 0 Å². The Morgan fingerprint density at radius 1 is 1.10 bits per heavy atom. The van der Waals surface area contributed by atoms with Crippen molar-refractivity contribution in [2.75, 3.05) is 13.2 Å². The molecule has 2 amide bonds. The first-order chi connectivity index (χ1) is 19.1. The third-order valence-electron chi connectivity index (χ3n) is 8.82. The molecule has 1 aromatic heterocycles. The molecule has 12 heteroatoms. The fourth-order valence-electron chi connectivity index (χ4n) is 7.50. The monoisotopic (exact) mass is 586 g/mol. The SMILES string of the molecule is CCOC(=O)COc1ccc([C@H]2c3sc(=O)[nH]c3SC3C4CC(C5C(=O)N(C(C(=O)O)C(C)C)C(=O)C45)C32)cc1. The molecule has 0 spiro atoms. The number of rotatable bonds is 8. The van der Waals surface area contributed by atoms with Gasteiger partial charge in [0.05, 0.1) is 23.5 Å². The number of carboxylic acids is 1. The summed E-state index contributed by atoms with van der Waals surface area (Å²) in [4.78, 5) is 68.4. The van der Waals surface area contributed by atoms with Crippen LogP contribution in [0.2, 0.25) is 0 Å². The van der Waals surface area contributed by atoms with Crippen LogP contribution in [0.25, 0.3) is 0 Å². The molecule has 1 saturated heterocycles. The van der Waals surface area contributed by atoms with Crippen LogP contribution in [0, 0.1) is 35.5 Å². The standard InChI is InChI=1S/C28H30N2O8S2/c1-4-37-16(31)10-38-13-7-5-12(6-8-13)17-18-14-9-15(22(18)39-24-23(17)40-28(36)29-24)20-19(14)25(32)30(26(20)33)21(11(2)3)27(34)35/h5-8,11,14-15,17-22H,4,9-10H2,1-3H3,(H,29,36)(H,34,35)/t14?,15?,17-,18?,19?,20?,21?,22?/m1/s1. The average molecular weight is 587 g/mol. The lowest BCUT2D eigenvalue weighted by Gasteiger charge is -2.43. The van der Waals surface area contributed by atoms with E-state index < -0.39 is 35.7 Å². The topological polar surface area (TPSA) is 143 Å². The number of amides is 2. The number of carbonyl (C=O) groups is 4. The second-order valence-electron chi connectivity index (χ2n) is 11.2. The summed E-state index contributed by atoms with van der Waals surface area (Å²) in [6.07, 6.45) is 0.721. The summed E-state index contributed by atoms with van der Waals surface area (Å²) in [7, 11) is 0. The Labute approximate surface area is 238 Å². The van der Waals surface area contributed by atoms with E-state index in [1.165, 1.54) is 11.3 Å². The molecule has 2 saturated carbocycles. The van der Waals surface area contributed by atoms with Crippen molar-refractivity contribution in [1.29, 1.82) is 0 Å². The quantitative estimate of drug-likeness (QED) is 0.353. The van der Waals surface area contributed by atoms with Crippen LogP contribution in [0.4, 0.5) is 0 Å². The predicted octanol–water partition coefficient (Wildman–Crippen LogP) is 2.96. The highest BCUT2D eigenvalue weighted by atomic mass is 32.2. The van der Waals surface area contributed by atoms with Gasteiger partial charge < -0.3 is 19.6 Å². The molecule has 212 valence electrons. The van der Waals surface area contributed by atoms with Crippen molar-refractivity contribution in [3.8, 4) is 5.75 Å². The van der Waals surface area contributed by atoms with E-state index in [-0.39, 0.29) is 58.8 Å². The minimum absolute atomic E-state index is 0.000489. The Bertz CT molecular complexity index is 1430. The molecule has 2 aromatic rings. The number of carbonyl (C=O) groups excluding carboxylic acids is 3. The number of H-pyrrole nitrogens is 1. The number of hydrogen-bond acceptors (Lipinski definition) is 9. The van der Waals surface area contributed by atoms with Crippen LogP contribution in [0.15, 0.2) is 34.1 Å². The summed E-state index contributed by atoms with van der Waals surface area (Å²) in [6, 6.07) is 6.21. The molecule has 2 aliphatic heterocycles. The largest absolute Gasteiger partial charge is 0.482 e. The van der Waals surface area contributed by atoms with Crippen molar-refractivity contribution in [3.63, 3.8) is 0 Å². The molecule has 4 aliphatic rings. The molecule has 1 aromatic carbocycles. The van der Waals surface area contributed by atoms with Crippen molar-refractivity contribution in [3.05, 3.63) is 44.4 Å². The van der Waals surface area contributed by atoms with Crippen molar-refractivity contribution in [1.82, 2.24) is 9.88 Å². The number of aliphatic carboxylic acids is 1. The molecular formula is C28H30N2O8S2. The first-order valence-corrected chi connectivity index (χ1v) is 15.2. The predicted molar refractivity (Wildman–Crippen MR) is 145 cm³/mol. The lowest BCUT2D eigenvalue weighted by molar-refractivity contribution is -0.157. The number of nitrogens with zero attached hydrogens (tertiary/aromatic N) is 1. The van der Waals surface area contributed by atoms with Crippen molar-refractivity contribution < 1.29 is 33.8 Å². The maximum absolute atomic E-state index is 13.8. The number of imide groups is 1. The highest BCUT2D eigenvalue weighted by molar-refractivity contribution is 8.00. The summed E-state index contributed by atoms with van der Waals surface area (Å²) in [5.41, 5.74) is 0.957. The fraction of sp³-hybridized carbons (Fsp3) is 0.536. The van der Waals surface area contributed by atoms with Gasteiger partial charge in [0, 0.05) is 16.0 Å². The number of thioether (sulfide) groups is 1. The van der Waals surface area contributed by atoms with Crippen molar-refractivity contribution in [2.45, 2.75) is 49.4 Å². The summed E-state index contributed by atoms with van der Waals surface area (Å²) >= 11 is 2.75. The summed E-state index contributed by atoms with van der Waals surface area (Å²) in [6.45, 7) is 5.22. The van der Waals surface area contributed by atoms with E-state index in [4.69, 9.17) is 9.47 Å². The van der Waals surface area contributed by atoms with Gasteiger partial charge in [0.2, 0.25) is 11.8 Å². The molecule has 6 rings (SSSR count). The zero-order valence-electron chi connectivity index (χ0n) is 22.2. The fourth-order valence-corrected chi connectivity index (χ4v) is 10.4.